The first-order valence-corrected chi connectivity index (χ1v) is 14.6. The maximum absolute atomic E-state index is 15.3. The highest BCUT2D eigenvalue weighted by molar-refractivity contribution is 9.10. The van der Waals surface area contributed by atoms with Crippen molar-refractivity contribution in [2.45, 2.75) is 58.1 Å². The highest BCUT2D eigenvalue weighted by Crippen LogP contribution is 2.44. The normalized spacial score (nSPS) is 15.6. The summed E-state index contributed by atoms with van der Waals surface area (Å²) in [6.45, 7) is 6.90. The predicted octanol–water partition coefficient (Wildman–Crippen LogP) is 8.82. The number of hydrogen-bond acceptors (Lipinski definition) is 4. The number of halogens is 7. The first-order valence-electron chi connectivity index (χ1n) is 10.9. The molecule has 1 aromatic carbocycles. The van der Waals surface area contributed by atoms with Gasteiger partial charge in [0, 0.05) is 12.4 Å². The summed E-state index contributed by atoms with van der Waals surface area (Å²) in [6, 6.07) is 3.64. The molecular weight excluding hydrogens is 570 g/mol. The van der Waals surface area contributed by atoms with Crippen LogP contribution >= 0.6 is 15.9 Å². The number of hydrogen-bond donors (Lipinski definition) is 1. The first kappa shape index (κ1) is 28.1. The summed E-state index contributed by atoms with van der Waals surface area (Å²) in [5.41, 5.74) is 0.0332. The summed E-state index contributed by atoms with van der Waals surface area (Å²) >= 11 is 3.20. The van der Waals surface area contributed by atoms with E-state index in [9.17, 15) is 22.0 Å². The zero-order valence-electron chi connectivity index (χ0n) is 20.2. The molecule has 0 amide bonds. The van der Waals surface area contributed by atoms with E-state index in [-0.39, 0.29) is 27.3 Å². The molecule has 0 saturated carbocycles. The second kappa shape index (κ2) is 10.1. The van der Waals surface area contributed by atoms with E-state index in [0.29, 0.717) is 29.2 Å². The van der Waals surface area contributed by atoms with E-state index in [2.05, 4.69) is 51.7 Å². The molecule has 36 heavy (non-hydrogen) atoms. The van der Waals surface area contributed by atoms with E-state index in [4.69, 9.17) is 4.43 Å². The Hall–Kier alpha value is -2.47. The van der Waals surface area contributed by atoms with Crippen LogP contribution in [0.5, 0.6) is 5.75 Å². The van der Waals surface area contributed by atoms with Gasteiger partial charge in [0.2, 0.25) is 8.32 Å². The summed E-state index contributed by atoms with van der Waals surface area (Å²) in [6.07, 6.45) is -0.891. The topological polar surface area (TPSA) is 43.4 Å². The molecule has 1 aliphatic rings. The average Bonchev–Trinajstić information content (AvgIpc) is 2.74. The monoisotopic (exact) mass is 594 g/mol. The minimum absolute atomic E-state index is 0.135. The molecule has 196 valence electrons. The van der Waals surface area contributed by atoms with Gasteiger partial charge >= 0.3 is 12.8 Å². The van der Waals surface area contributed by atoms with Gasteiger partial charge in [0.15, 0.2) is 11.6 Å². The van der Waals surface area contributed by atoms with Gasteiger partial charge in [-0.2, -0.15) is 22.0 Å². The van der Waals surface area contributed by atoms with E-state index >= 15 is 4.39 Å². The van der Waals surface area contributed by atoms with E-state index in [1.165, 1.54) is 12.3 Å². The predicted molar refractivity (Wildman–Crippen MR) is 132 cm³/mol. The smallest absolute Gasteiger partial charge is 0.418 e. The van der Waals surface area contributed by atoms with Crippen LogP contribution in [0.1, 0.15) is 43.9 Å². The fraction of sp³-hybridized carbons (Fsp3) is 0.375. The molecule has 2 aromatic rings. The Bertz CT molecular complexity index is 1210. The van der Waals surface area contributed by atoms with Crippen LogP contribution in [0, 0.1) is 5.82 Å². The van der Waals surface area contributed by atoms with Crippen LogP contribution in [0.3, 0.4) is 0 Å². The Balaban J connectivity index is 2.01. The van der Waals surface area contributed by atoms with Crippen LogP contribution in [0.15, 0.2) is 41.1 Å². The number of nitrogens with one attached hydrogen (secondary N) is 1. The Labute approximate surface area is 214 Å². The number of anilines is 1. The van der Waals surface area contributed by atoms with Crippen molar-refractivity contribution >= 4 is 41.4 Å². The molecule has 1 N–H and O–H groups in total. The molecule has 1 aromatic heterocycles. The lowest BCUT2D eigenvalue weighted by Crippen LogP contribution is -2.40. The van der Waals surface area contributed by atoms with Crippen LogP contribution in [0.4, 0.5) is 32.2 Å². The van der Waals surface area contributed by atoms with Crippen molar-refractivity contribution in [3.05, 3.63) is 63.7 Å². The zero-order valence-corrected chi connectivity index (χ0v) is 22.7. The molecule has 1 aliphatic carbocycles. The molecule has 0 spiro atoms. The summed E-state index contributed by atoms with van der Waals surface area (Å²) < 4.78 is 90.8. The number of alkyl halides is 5. The number of fused-ring (bicyclic) bond motifs is 1. The van der Waals surface area contributed by atoms with Gasteiger partial charge in [-0.1, -0.05) is 26.8 Å². The number of allylic oxidation sites excluding steroid dienone is 2. The van der Waals surface area contributed by atoms with E-state index in [0.717, 1.165) is 0 Å². The van der Waals surface area contributed by atoms with Gasteiger partial charge in [-0.15, -0.1) is 0 Å². The molecule has 12 heteroatoms. The fourth-order valence-electron chi connectivity index (χ4n) is 3.18. The molecule has 0 unspecified atom stereocenters. The Morgan fingerprint density at radius 2 is 1.83 bits per heavy atom. The standard InChI is InChI=1S/C24H25BrF6N2O2Si/c1-23(2,3)36(4,5)35-17-9-6-13(15-7-8-16(25)20(26)19(15)17)11-32-21-18(34-22(27)28)10-14(12-33-21)24(29,30)31/h7-12,22H,6H2,1-5H3,(H,32,33)/b13-11+. The minimum Gasteiger partial charge on any atom is -0.543 e. The SMILES string of the molecule is CC(C)(C)[Si](C)(C)OC1=CC/C(=C\Nc2ncc(C(F)(F)F)cc2OC(F)F)c2ccc(Br)c(F)c21. The van der Waals surface area contributed by atoms with Crippen LogP contribution in [0.2, 0.25) is 18.1 Å². The second-order valence-electron chi connectivity index (χ2n) is 9.68. The molecule has 4 nitrogen and oxygen atoms in total. The summed E-state index contributed by atoms with van der Waals surface area (Å²) in [5.74, 6) is -1.24. The Morgan fingerprint density at radius 3 is 2.42 bits per heavy atom. The van der Waals surface area contributed by atoms with Crippen molar-refractivity contribution in [1.82, 2.24) is 4.98 Å². The number of ether oxygens (including phenoxy) is 1. The summed E-state index contributed by atoms with van der Waals surface area (Å²) in [4.78, 5) is 3.61. The second-order valence-corrected chi connectivity index (χ2v) is 15.3. The highest BCUT2D eigenvalue weighted by Gasteiger charge is 2.40. The Kier molecular flexibility index (Phi) is 7.90. The number of nitrogens with zero attached hydrogens (tertiary/aromatic N) is 1. The van der Waals surface area contributed by atoms with E-state index in [1.54, 1.807) is 12.1 Å². The molecular formula is C24H25BrF6N2O2Si. The first-order chi connectivity index (χ1) is 16.5. The lowest BCUT2D eigenvalue weighted by Gasteiger charge is -2.38. The van der Waals surface area contributed by atoms with Gasteiger partial charge in [-0.05, 0) is 69.8 Å². The lowest BCUT2D eigenvalue weighted by atomic mass is 9.91. The molecule has 0 radical (unpaired) electrons. The van der Waals surface area contributed by atoms with Crippen molar-refractivity contribution < 1.29 is 35.5 Å². The van der Waals surface area contributed by atoms with E-state index in [1.807, 2.05) is 13.1 Å². The maximum Gasteiger partial charge on any atom is 0.418 e. The molecule has 3 rings (SSSR count). The van der Waals surface area contributed by atoms with Crippen LogP contribution in [0.25, 0.3) is 11.3 Å². The maximum atomic E-state index is 15.3. The minimum atomic E-state index is -4.79. The number of benzene rings is 1. The fourth-order valence-corrected chi connectivity index (χ4v) is 4.55. The van der Waals surface area contributed by atoms with Gasteiger partial charge in [-0.25, -0.2) is 9.37 Å². The third-order valence-corrected chi connectivity index (χ3v) is 11.1. The van der Waals surface area contributed by atoms with Gasteiger partial charge in [-0.3, -0.25) is 0 Å². The highest BCUT2D eigenvalue weighted by atomic mass is 79.9. The number of rotatable bonds is 6. The molecule has 0 fully saturated rings. The quantitative estimate of drug-likeness (QED) is 0.268. The molecule has 0 atom stereocenters. The van der Waals surface area contributed by atoms with Crippen LogP contribution < -0.4 is 10.1 Å². The zero-order chi connectivity index (χ0) is 27.1. The number of pyridine rings is 1. The van der Waals surface area contributed by atoms with Crippen molar-refractivity contribution in [1.29, 1.82) is 0 Å². The number of aromatic nitrogens is 1. The van der Waals surface area contributed by atoms with E-state index < -0.39 is 38.2 Å². The van der Waals surface area contributed by atoms with Crippen molar-refractivity contribution in [3.8, 4) is 5.75 Å². The summed E-state index contributed by atoms with van der Waals surface area (Å²) in [5, 5.41) is 2.50. The molecule has 0 aliphatic heterocycles. The van der Waals surface area contributed by atoms with Crippen LogP contribution in [-0.2, 0) is 10.6 Å². The lowest BCUT2D eigenvalue weighted by molar-refractivity contribution is -0.138. The third kappa shape index (κ3) is 6.08. The molecule has 0 bridgehead atoms. The van der Waals surface area contributed by atoms with Gasteiger partial charge in [0.1, 0.15) is 11.6 Å². The van der Waals surface area contributed by atoms with Gasteiger partial charge in [0.05, 0.1) is 15.6 Å². The van der Waals surface area contributed by atoms with Crippen LogP contribution in [-0.4, -0.2) is 19.9 Å². The van der Waals surface area contributed by atoms with Gasteiger partial charge < -0.3 is 14.5 Å². The Morgan fingerprint density at radius 1 is 1.17 bits per heavy atom. The van der Waals surface area contributed by atoms with Gasteiger partial charge in [0.25, 0.3) is 0 Å². The van der Waals surface area contributed by atoms with Crippen molar-refractivity contribution in [2.75, 3.05) is 5.32 Å². The van der Waals surface area contributed by atoms with Crippen molar-refractivity contribution in [3.63, 3.8) is 0 Å². The average molecular weight is 595 g/mol. The molecule has 0 saturated heterocycles. The summed E-state index contributed by atoms with van der Waals surface area (Å²) in [7, 11) is -2.31. The molecule has 1 heterocycles. The largest absolute Gasteiger partial charge is 0.543 e. The third-order valence-electron chi connectivity index (χ3n) is 6.15. The van der Waals surface area contributed by atoms with Crippen molar-refractivity contribution in [2.24, 2.45) is 0 Å².